The minimum absolute atomic E-state index is 0.337. The van der Waals surface area contributed by atoms with Gasteiger partial charge >= 0.3 is 5.97 Å². The van der Waals surface area contributed by atoms with Crippen molar-refractivity contribution in [1.29, 1.82) is 0 Å². The molecule has 0 aromatic rings. The molecule has 0 unspecified atom stereocenters. The summed E-state index contributed by atoms with van der Waals surface area (Å²) in [5.74, 6) is -0.670. The van der Waals surface area contributed by atoms with Gasteiger partial charge in [-0.1, -0.05) is 96.8 Å². The SMILES string of the molecule is C1CCCCCCCCC1.CCCCCCCC(=O)O. The van der Waals surface area contributed by atoms with Gasteiger partial charge in [0.05, 0.1) is 0 Å². The second-order valence-corrected chi connectivity index (χ2v) is 6.09. The number of hydrogen-bond acceptors (Lipinski definition) is 1. The van der Waals surface area contributed by atoms with Crippen LogP contribution in [-0.2, 0) is 4.79 Å². The van der Waals surface area contributed by atoms with Crippen LogP contribution >= 0.6 is 0 Å². The van der Waals surface area contributed by atoms with E-state index < -0.39 is 5.97 Å². The second-order valence-electron chi connectivity index (χ2n) is 6.09. The van der Waals surface area contributed by atoms with Crippen molar-refractivity contribution in [3.63, 3.8) is 0 Å². The molecule has 1 aliphatic rings. The topological polar surface area (TPSA) is 37.3 Å². The first-order valence-corrected chi connectivity index (χ1v) is 8.99. The van der Waals surface area contributed by atoms with Gasteiger partial charge in [-0.3, -0.25) is 4.79 Å². The van der Waals surface area contributed by atoms with Crippen molar-refractivity contribution in [2.75, 3.05) is 0 Å². The first-order chi connectivity index (χ1) is 9.77. The quantitative estimate of drug-likeness (QED) is 0.578. The summed E-state index contributed by atoms with van der Waals surface area (Å²) in [5.41, 5.74) is 0. The summed E-state index contributed by atoms with van der Waals surface area (Å²) in [7, 11) is 0. The highest BCUT2D eigenvalue weighted by atomic mass is 16.4. The van der Waals surface area contributed by atoms with Gasteiger partial charge in [0, 0.05) is 6.42 Å². The third-order valence-electron chi connectivity index (χ3n) is 3.99. The summed E-state index contributed by atoms with van der Waals surface area (Å²) in [4.78, 5) is 10.0. The van der Waals surface area contributed by atoms with E-state index in [1.165, 1.54) is 83.5 Å². The molecule has 0 aliphatic heterocycles. The lowest BCUT2D eigenvalue weighted by Gasteiger charge is -2.05. The number of rotatable bonds is 6. The third-order valence-corrected chi connectivity index (χ3v) is 3.99. The minimum atomic E-state index is -0.670. The molecule has 2 heteroatoms. The molecular formula is C18H36O2. The molecule has 2 nitrogen and oxygen atoms in total. The zero-order chi connectivity index (χ0) is 14.9. The predicted molar refractivity (Wildman–Crippen MR) is 87.2 cm³/mol. The van der Waals surface area contributed by atoms with E-state index in [2.05, 4.69) is 6.92 Å². The fraction of sp³-hybridized carbons (Fsp3) is 0.944. The van der Waals surface area contributed by atoms with Gasteiger partial charge in [-0.05, 0) is 6.42 Å². The van der Waals surface area contributed by atoms with Crippen LogP contribution in [0.25, 0.3) is 0 Å². The fourth-order valence-corrected chi connectivity index (χ4v) is 2.65. The minimum Gasteiger partial charge on any atom is -0.481 e. The van der Waals surface area contributed by atoms with Gasteiger partial charge in [0.15, 0.2) is 0 Å². The molecule has 0 heterocycles. The smallest absolute Gasteiger partial charge is 0.303 e. The van der Waals surface area contributed by atoms with Crippen molar-refractivity contribution in [3.05, 3.63) is 0 Å². The highest BCUT2D eigenvalue weighted by Crippen LogP contribution is 2.15. The second kappa shape index (κ2) is 16.5. The number of aliphatic carboxylic acids is 1. The van der Waals surface area contributed by atoms with E-state index in [9.17, 15) is 4.79 Å². The summed E-state index contributed by atoms with van der Waals surface area (Å²) < 4.78 is 0. The molecule has 0 amide bonds. The Morgan fingerprint density at radius 1 is 0.700 bits per heavy atom. The van der Waals surface area contributed by atoms with Crippen molar-refractivity contribution in [2.45, 2.75) is 110 Å². The van der Waals surface area contributed by atoms with Crippen LogP contribution in [0.4, 0.5) is 0 Å². The van der Waals surface area contributed by atoms with E-state index in [0.717, 1.165) is 12.8 Å². The van der Waals surface area contributed by atoms with E-state index in [-0.39, 0.29) is 0 Å². The molecule has 0 aromatic heterocycles. The number of hydrogen-bond donors (Lipinski definition) is 1. The van der Waals surface area contributed by atoms with Gasteiger partial charge in [0.25, 0.3) is 0 Å². The molecule has 0 spiro atoms. The average Bonchev–Trinajstić information content (AvgIpc) is 2.45. The maximum Gasteiger partial charge on any atom is 0.303 e. The molecule has 1 N–H and O–H groups in total. The normalized spacial score (nSPS) is 16.9. The van der Waals surface area contributed by atoms with Gasteiger partial charge in [0.1, 0.15) is 0 Å². The number of unbranched alkanes of at least 4 members (excludes halogenated alkanes) is 4. The number of carbonyl (C=O) groups is 1. The highest BCUT2D eigenvalue weighted by Gasteiger charge is 1.96. The molecule has 0 atom stereocenters. The molecule has 0 aromatic carbocycles. The van der Waals surface area contributed by atoms with Crippen LogP contribution < -0.4 is 0 Å². The van der Waals surface area contributed by atoms with Crippen molar-refractivity contribution in [1.82, 2.24) is 0 Å². The standard InChI is InChI=1S/C10H20.C8H16O2/c1-2-4-6-8-10-9-7-5-3-1;1-2-3-4-5-6-7-8(9)10/h1-10H2;2-7H2,1H3,(H,9,10). The Labute approximate surface area is 126 Å². The van der Waals surface area contributed by atoms with Crippen LogP contribution in [-0.4, -0.2) is 11.1 Å². The average molecular weight is 284 g/mol. The summed E-state index contributed by atoms with van der Waals surface area (Å²) in [5, 5.41) is 8.27. The molecule has 0 bridgehead atoms. The molecule has 1 fully saturated rings. The lowest BCUT2D eigenvalue weighted by molar-refractivity contribution is -0.137. The Kier molecular flexibility index (Phi) is 16.1. The summed E-state index contributed by atoms with van der Waals surface area (Å²) in [6.45, 7) is 2.15. The van der Waals surface area contributed by atoms with Gasteiger partial charge in [0.2, 0.25) is 0 Å². The molecule has 1 saturated carbocycles. The van der Waals surface area contributed by atoms with E-state index in [1.54, 1.807) is 0 Å². The molecule has 1 aliphatic carbocycles. The Morgan fingerprint density at radius 2 is 1.05 bits per heavy atom. The van der Waals surface area contributed by atoms with Gasteiger partial charge < -0.3 is 5.11 Å². The van der Waals surface area contributed by atoms with Crippen molar-refractivity contribution in [3.8, 4) is 0 Å². The van der Waals surface area contributed by atoms with Crippen LogP contribution in [0.5, 0.6) is 0 Å². The lowest BCUT2D eigenvalue weighted by atomic mass is 10.0. The molecular weight excluding hydrogens is 248 g/mol. The van der Waals surface area contributed by atoms with E-state index in [1.807, 2.05) is 0 Å². The zero-order valence-electron chi connectivity index (χ0n) is 13.7. The van der Waals surface area contributed by atoms with Crippen LogP contribution in [0.2, 0.25) is 0 Å². The maximum atomic E-state index is 10.0. The molecule has 0 radical (unpaired) electrons. The Bertz CT molecular complexity index is 168. The molecule has 1 rings (SSSR count). The van der Waals surface area contributed by atoms with Crippen LogP contribution in [0.15, 0.2) is 0 Å². The number of carboxylic acid groups (broad SMARTS) is 1. The van der Waals surface area contributed by atoms with Crippen LogP contribution in [0, 0.1) is 0 Å². The van der Waals surface area contributed by atoms with E-state index in [4.69, 9.17) is 5.11 Å². The van der Waals surface area contributed by atoms with Gasteiger partial charge in [-0.25, -0.2) is 0 Å². The van der Waals surface area contributed by atoms with Gasteiger partial charge in [-0.15, -0.1) is 0 Å². The first-order valence-electron chi connectivity index (χ1n) is 8.99. The van der Waals surface area contributed by atoms with Crippen molar-refractivity contribution < 1.29 is 9.90 Å². The van der Waals surface area contributed by atoms with E-state index >= 15 is 0 Å². The van der Waals surface area contributed by atoms with Crippen molar-refractivity contribution >= 4 is 5.97 Å². The molecule has 20 heavy (non-hydrogen) atoms. The number of carboxylic acids is 1. The van der Waals surface area contributed by atoms with Crippen LogP contribution in [0.3, 0.4) is 0 Å². The zero-order valence-corrected chi connectivity index (χ0v) is 13.7. The van der Waals surface area contributed by atoms with Crippen molar-refractivity contribution in [2.24, 2.45) is 0 Å². The van der Waals surface area contributed by atoms with E-state index in [0.29, 0.717) is 6.42 Å². The highest BCUT2D eigenvalue weighted by molar-refractivity contribution is 5.66. The Balaban J connectivity index is 0.000000361. The summed E-state index contributed by atoms with van der Waals surface area (Å²) in [6.07, 6.45) is 20.9. The molecule has 0 saturated heterocycles. The van der Waals surface area contributed by atoms with Gasteiger partial charge in [-0.2, -0.15) is 0 Å². The predicted octanol–water partition coefficient (Wildman–Crippen LogP) is 6.33. The first kappa shape index (κ1) is 19.5. The largest absolute Gasteiger partial charge is 0.481 e. The monoisotopic (exact) mass is 284 g/mol. The Morgan fingerprint density at radius 3 is 1.35 bits per heavy atom. The van der Waals surface area contributed by atoms with Crippen LogP contribution in [0.1, 0.15) is 110 Å². The Hall–Kier alpha value is -0.530. The summed E-state index contributed by atoms with van der Waals surface area (Å²) in [6, 6.07) is 0. The molecule has 120 valence electrons. The summed E-state index contributed by atoms with van der Waals surface area (Å²) >= 11 is 0. The fourth-order valence-electron chi connectivity index (χ4n) is 2.65. The lowest BCUT2D eigenvalue weighted by Crippen LogP contribution is -1.93. The third kappa shape index (κ3) is 17.5. The maximum absolute atomic E-state index is 10.0.